The number of halogens is 2. The molecule has 1 heterocycles. The molecule has 3 aromatic rings. The van der Waals surface area contributed by atoms with Crippen LogP contribution in [0.5, 0.6) is 5.75 Å². The molecule has 0 atom stereocenters. The summed E-state index contributed by atoms with van der Waals surface area (Å²) in [6, 6.07) is 11.9. The van der Waals surface area contributed by atoms with Crippen LogP contribution in [-0.4, -0.2) is 16.3 Å². The maximum absolute atomic E-state index is 10.3. The molecule has 0 aliphatic heterocycles. The number of thioether (sulfide) groups is 1. The second-order valence-electron chi connectivity index (χ2n) is 3.93. The molecule has 6 heteroatoms. The Kier molecular flexibility index (Phi) is 6.86. The van der Waals surface area contributed by atoms with Crippen molar-refractivity contribution in [3.05, 3.63) is 42.6 Å². The third kappa shape index (κ3) is 3.60. The number of benzene rings is 2. The van der Waals surface area contributed by atoms with E-state index in [-0.39, 0.29) is 0 Å². The fourth-order valence-electron chi connectivity index (χ4n) is 2.08. The van der Waals surface area contributed by atoms with Gasteiger partial charge in [-0.3, -0.25) is 4.98 Å². The van der Waals surface area contributed by atoms with Crippen LogP contribution in [0, 0.1) is 0 Å². The quantitative estimate of drug-likeness (QED) is 0.188. The Balaban J connectivity index is 0.000000452. The van der Waals surface area contributed by atoms with Crippen molar-refractivity contribution >= 4 is 71.8 Å². The predicted octanol–water partition coefficient (Wildman–Crippen LogP) is 5.58. The van der Waals surface area contributed by atoms with Gasteiger partial charge in [-0.25, -0.2) is 0 Å². The van der Waals surface area contributed by atoms with Crippen molar-refractivity contribution in [1.29, 1.82) is 0 Å². The van der Waals surface area contributed by atoms with Crippen LogP contribution in [0.25, 0.3) is 21.7 Å². The number of pyridine rings is 1. The Morgan fingerprint density at radius 2 is 1.75 bits per heavy atom. The molecule has 0 fully saturated rings. The van der Waals surface area contributed by atoms with Crippen molar-refractivity contribution in [3.8, 4) is 5.75 Å². The number of fused-ring (bicyclic) bond motifs is 3. The van der Waals surface area contributed by atoms with Crippen LogP contribution in [-0.2, 0) is 11.7 Å². The van der Waals surface area contributed by atoms with Gasteiger partial charge in [0, 0.05) is 16.5 Å². The van der Waals surface area contributed by atoms with Crippen LogP contribution in [0.3, 0.4) is 0 Å². The van der Waals surface area contributed by atoms with E-state index in [4.69, 9.17) is 0 Å². The van der Waals surface area contributed by atoms with Gasteiger partial charge < -0.3 is 5.11 Å². The fourth-order valence-corrected chi connectivity index (χ4v) is 2.58. The van der Waals surface area contributed by atoms with Gasteiger partial charge >= 0.3 is 50.0 Å². The summed E-state index contributed by atoms with van der Waals surface area (Å²) in [6.45, 7) is 0. The van der Waals surface area contributed by atoms with Gasteiger partial charge in [-0.1, -0.05) is 24.3 Å². The summed E-state index contributed by atoms with van der Waals surface area (Å²) in [6.07, 6.45) is 3.71. The van der Waals surface area contributed by atoms with Crippen LogP contribution in [0.4, 0.5) is 0 Å². The molecule has 102 valence electrons. The van der Waals surface area contributed by atoms with E-state index < -0.39 is 0 Å². The summed E-state index contributed by atoms with van der Waals surface area (Å²) in [5, 5.41) is 13.2. The minimum absolute atomic E-state index is 0.333. The van der Waals surface area contributed by atoms with E-state index >= 15 is 0 Å². The summed E-state index contributed by atoms with van der Waals surface area (Å²) in [5.41, 5.74) is 0.860. The molecule has 0 radical (unpaired) electrons. The van der Waals surface area contributed by atoms with E-state index in [0.717, 1.165) is 26.6 Å². The van der Waals surface area contributed by atoms with Crippen molar-refractivity contribution < 1.29 is 16.8 Å². The van der Waals surface area contributed by atoms with Crippen molar-refractivity contribution in [2.45, 2.75) is 4.90 Å². The van der Waals surface area contributed by atoms with Gasteiger partial charge in [0.25, 0.3) is 0 Å². The van der Waals surface area contributed by atoms with E-state index in [2.05, 4.69) is 43.4 Å². The van der Waals surface area contributed by atoms with Crippen molar-refractivity contribution in [3.63, 3.8) is 0 Å². The standard InChI is InChI=1S/C14H11NOS.2HI.Ti/c1-17-11-7-6-9-4-5-10-3-2-8-15-13(10)12(9)14(11)16;;;/h2-8,16H,1H3;2*1H;/q;;;+2/p-2. The second kappa shape index (κ2) is 8.17. The third-order valence-electron chi connectivity index (χ3n) is 2.91. The Labute approximate surface area is 151 Å². The second-order valence-corrected chi connectivity index (χ2v) is 18.0. The molecular weight excluding hydrogens is 532 g/mol. The number of phenols is 1. The third-order valence-corrected chi connectivity index (χ3v) is 3.68. The number of rotatable bonds is 1. The molecule has 0 spiro atoms. The van der Waals surface area contributed by atoms with Crippen LogP contribution in [0.1, 0.15) is 0 Å². The van der Waals surface area contributed by atoms with Crippen molar-refractivity contribution in [2.24, 2.45) is 0 Å². The summed E-state index contributed by atoms with van der Waals surface area (Å²) < 4.78 is 0. The summed E-state index contributed by atoms with van der Waals surface area (Å²) >= 11 is 6.78. The maximum atomic E-state index is 10.3. The van der Waals surface area contributed by atoms with Crippen LogP contribution < -0.4 is 0 Å². The molecule has 0 unspecified atom stereocenters. The van der Waals surface area contributed by atoms with E-state index in [1.807, 2.05) is 42.7 Å². The number of phenolic OH excluding ortho intramolecular Hbond substituents is 1. The first-order chi connectivity index (χ1) is 9.72. The molecule has 0 saturated carbocycles. The molecule has 20 heavy (non-hydrogen) atoms. The number of aromatic hydroxyl groups is 1. The predicted molar refractivity (Wildman–Crippen MR) is 101 cm³/mol. The van der Waals surface area contributed by atoms with Gasteiger partial charge in [-0.15, -0.1) is 11.8 Å². The van der Waals surface area contributed by atoms with Gasteiger partial charge in [0.05, 0.1) is 10.9 Å². The number of hydrogen-bond donors (Lipinski definition) is 1. The Morgan fingerprint density at radius 1 is 1.10 bits per heavy atom. The molecule has 0 amide bonds. The first kappa shape index (κ1) is 16.8. The number of nitrogens with zero attached hydrogens (tertiary/aromatic N) is 1. The van der Waals surface area contributed by atoms with E-state index in [0.29, 0.717) is 17.4 Å². The van der Waals surface area contributed by atoms with Gasteiger partial charge in [-0.2, -0.15) is 0 Å². The normalized spacial score (nSPS) is 10.2. The molecule has 0 aliphatic rings. The molecule has 2 nitrogen and oxygen atoms in total. The number of aromatic nitrogens is 1. The molecule has 1 N–H and O–H groups in total. The first-order valence-electron chi connectivity index (χ1n) is 5.72. The van der Waals surface area contributed by atoms with Gasteiger partial charge in [0.1, 0.15) is 5.75 Å². The zero-order chi connectivity index (χ0) is 14.5. The average molecular weight is 543 g/mol. The summed E-state index contributed by atoms with van der Waals surface area (Å²) in [4.78, 5) is 5.26. The molecular formula is C14H11I2NOSTi. The van der Waals surface area contributed by atoms with Crippen LogP contribution in [0.15, 0.2) is 47.5 Å². The average Bonchev–Trinajstić information content (AvgIpc) is 2.48. The van der Waals surface area contributed by atoms with Gasteiger partial charge in [-0.05, 0) is 23.8 Å². The molecule has 2 aromatic carbocycles. The van der Waals surface area contributed by atoms with E-state index in [9.17, 15) is 5.11 Å². The van der Waals surface area contributed by atoms with Gasteiger partial charge in [0.15, 0.2) is 0 Å². The van der Waals surface area contributed by atoms with Gasteiger partial charge in [0.2, 0.25) is 0 Å². The monoisotopic (exact) mass is 543 g/mol. The zero-order valence-electron chi connectivity index (χ0n) is 10.6. The van der Waals surface area contributed by atoms with Crippen molar-refractivity contribution in [1.82, 2.24) is 4.98 Å². The van der Waals surface area contributed by atoms with E-state index in [1.54, 1.807) is 18.0 Å². The van der Waals surface area contributed by atoms with Crippen LogP contribution >= 0.6 is 50.1 Å². The van der Waals surface area contributed by atoms with E-state index in [1.165, 1.54) is 0 Å². The van der Waals surface area contributed by atoms with Crippen LogP contribution in [0.2, 0.25) is 0 Å². The Morgan fingerprint density at radius 3 is 2.45 bits per heavy atom. The number of hydrogen-bond acceptors (Lipinski definition) is 3. The summed E-state index contributed by atoms with van der Waals surface area (Å²) in [5.74, 6) is 0.333. The zero-order valence-corrected chi connectivity index (χ0v) is 17.3. The molecule has 0 saturated heterocycles. The molecule has 0 bridgehead atoms. The SMILES string of the molecule is CSc1ccc2ccc3cccnc3c2c1O.[I][Ti][I]. The fraction of sp³-hybridized carbons (Fsp3) is 0.0714. The Hall–Kier alpha value is 0.434. The molecule has 1 aromatic heterocycles. The first-order valence-corrected chi connectivity index (χ1v) is 17.0. The Bertz CT molecular complexity index is 739. The molecule has 0 aliphatic carbocycles. The minimum atomic E-state index is 0.333. The summed E-state index contributed by atoms with van der Waals surface area (Å²) in [7, 11) is 0. The molecule has 3 rings (SSSR count). The van der Waals surface area contributed by atoms with Crippen molar-refractivity contribution in [2.75, 3.05) is 6.26 Å². The topological polar surface area (TPSA) is 33.1 Å².